The number of piperidine rings is 2. The number of amides is 2. The minimum atomic E-state index is -0.0621. The van der Waals surface area contributed by atoms with E-state index in [1.807, 2.05) is 18.5 Å². The molecule has 154 valence electrons. The zero-order valence-electron chi connectivity index (χ0n) is 16.9. The Hall–Kier alpha value is -1.99. The molecule has 2 N–H and O–H groups in total. The SMILES string of the molecule is CC(=O)NCCNC(=O)C1CCCN(C2CCN(Cc3cccnc3)CC2)C1. The fourth-order valence-corrected chi connectivity index (χ4v) is 4.31. The number of carbonyl (C=O) groups is 2. The highest BCUT2D eigenvalue weighted by Crippen LogP contribution is 2.24. The Morgan fingerprint density at radius 2 is 1.93 bits per heavy atom. The van der Waals surface area contributed by atoms with Gasteiger partial charge in [0.15, 0.2) is 0 Å². The third kappa shape index (κ3) is 6.27. The largest absolute Gasteiger partial charge is 0.355 e. The van der Waals surface area contributed by atoms with Crippen molar-refractivity contribution >= 4 is 11.8 Å². The first-order valence-electron chi connectivity index (χ1n) is 10.5. The topological polar surface area (TPSA) is 77.6 Å². The lowest BCUT2D eigenvalue weighted by Crippen LogP contribution is -2.51. The molecule has 1 aromatic heterocycles. The van der Waals surface area contributed by atoms with Gasteiger partial charge in [0.25, 0.3) is 0 Å². The van der Waals surface area contributed by atoms with Gasteiger partial charge in [0.05, 0.1) is 5.92 Å². The molecule has 3 rings (SSSR count). The number of nitrogens with one attached hydrogen (secondary N) is 2. The highest BCUT2D eigenvalue weighted by atomic mass is 16.2. The van der Waals surface area contributed by atoms with Crippen LogP contribution >= 0.6 is 0 Å². The Labute approximate surface area is 167 Å². The lowest BCUT2D eigenvalue weighted by Gasteiger charge is -2.42. The summed E-state index contributed by atoms with van der Waals surface area (Å²) < 4.78 is 0. The summed E-state index contributed by atoms with van der Waals surface area (Å²) in [7, 11) is 0. The van der Waals surface area contributed by atoms with E-state index >= 15 is 0 Å². The van der Waals surface area contributed by atoms with E-state index < -0.39 is 0 Å². The van der Waals surface area contributed by atoms with Gasteiger partial charge in [-0.05, 0) is 56.9 Å². The van der Waals surface area contributed by atoms with Crippen LogP contribution in [0.25, 0.3) is 0 Å². The molecule has 1 atom stereocenters. The second kappa shape index (κ2) is 10.5. The predicted molar refractivity (Wildman–Crippen MR) is 109 cm³/mol. The maximum atomic E-state index is 12.5. The molecule has 0 aliphatic carbocycles. The summed E-state index contributed by atoms with van der Waals surface area (Å²) in [5.74, 6) is 0.136. The van der Waals surface area contributed by atoms with Crippen LogP contribution in [-0.4, -0.2) is 71.9 Å². The van der Waals surface area contributed by atoms with Gasteiger partial charge in [-0.3, -0.25) is 24.4 Å². The maximum Gasteiger partial charge on any atom is 0.224 e. The Bertz CT molecular complexity index is 631. The van der Waals surface area contributed by atoms with E-state index in [2.05, 4.69) is 31.5 Å². The normalized spacial score (nSPS) is 22.0. The molecule has 3 heterocycles. The van der Waals surface area contributed by atoms with Crippen molar-refractivity contribution in [2.45, 2.75) is 45.2 Å². The molecular weight excluding hydrogens is 354 g/mol. The van der Waals surface area contributed by atoms with Crippen LogP contribution < -0.4 is 10.6 Å². The quantitative estimate of drug-likeness (QED) is 0.683. The second-order valence-corrected chi connectivity index (χ2v) is 7.98. The summed E-state index contributed by atoms with van der Waals surface area (Å²) in [5.41, 5.74) is 1.27. The van der Waals surface area contributed by atoms with Crippen LogP contribution in [0.4, 0.5) is 0 Å². The highest BCUT2D eigenvalue weighted by Gasteiger charge is 2.31. The van der Waals surface area contributed by atoms with Crippen molar-refractivity contribution < 1.29 is 9.59 Å². The van der Waals surface area contributed by atoms with Crippen molar-refractivity contribution in [3.8, 4) is 0 Å². The fraction of sp³-hybridized carbons (Fsp3) is 0.667. The van der Waals surface area contributed by atoms with Crippen LogP contribution in [-0.2, 0) is 16.1 Å². The first-order chi connectivity index (χ1) is 13.6. The number of pyridine rings is 1. The van der Waals surface area contributed by atoms with Crippen molar-refractivity contribution in [3.05, 3.63) is 30.1 Å². The standard InChI is InChI=1S/C21H33N5O2/c1-17(27)23-9-10-24-21(28)19-5-3-11-26(16-19)20-6-12-25(13-7-20)15-18-4-2-8-22-14-18/h2,4,8,14,19-20H,3,5-7,9-13,15-16H2,1H3,(H,23,27)(H,24,28). The Morgan fingerprint density at radius 3 is 2.64 bits per heavy atom. The van der Waals surface area contributed by atoms with Gasteiger partial charge in [0.2, 0.25) is 11.8 Å². The van der Waals surface area contributed by atoms with E-state index in [9.17, 15) is 9.59 Å². The molecule has 0 radical (unpaired) electrons. The van der Waals surface area contributed by atoms with E-state index in [0.717, 1.165) is 58.4 Å². The van der Waals surface area contributed by atoms with E-state index in [1.165, 1.54) is 12.5 Å². The molecule has 0 aromatic carbocycles. The molecule has 1 unspecified atom stereocenters. The van der Waals surface area contributed by atoms with Crippen molar-refractivity contribution in [2.75, 3.05) is 39.3 Å². The highest BCUT2D eigenvalue weighted by molar-refractivity contribution is 5.79. The van der Waals surface area contributed by atoms with Gasteiger partial charge in [0, 0.05) is 51.5 Å². The summed E-state index contributed by atoms with van der Waals surface area (Å²) in [6.07, 6.45) is 8.14. The monoisotopic (exact) mass is 387 g/mol. The van der Waals surface area contributed by atoms with Gasteiger partial charge in [-0.15, -0.1) is 0 Å². The molecule has 1 aromatic rings. The Balaban J connectivity index is 1.40. The van der Waals surface area contributed by atoms with Crippen LogP contribution in [0.15, 0.2) is 24.5 Å². The fourth-order valence-electron chi connectivity index (χ4n) is 4.31. The lowest BCUT2D eigenvalue weighted by atomic mass is 9.93. The molecular formula is C21H33N5O2. The average Bonchev–Trinajstić information content (AvgIpc) is 2.72. The third-order valence-electron chi connectivity index (χ3n) is 5.82. The zero-order valence-corrected chi connectivity index (χ0v) is 16.9. The molecule has 7 heteroatoms. The second-order valence-electron chi connectivity index (χ2n) is 7.98. The predicted octanol–water partition coefficient (Wildman–Crippen LogP) is 1.01. The lowest BCUT2D eigenvalue weighted by molar-refractivity contribution is -0.127. The number of hydrogen-bond acceptors (Lipinski definition) is 5. The third-order valence-corrected chi connectivity index (χ3v) is 5.82. The van der Waals surface area contributed by atoms with Gasteiger partial charge in [-0.2, -0.15) is 0 Å². The summed E-state index contributed by atoms with van der Waals surface area (Å²) in [6, 6.07) is 4.72. The van der Waals surface area contributed by atoms with Crippen molar-refractivity contribution in [1.29, 1.82) is 0 Å². The molecule has 0 bridgehead atoms. The van der Waals surface area contributed by atoms with E-state index in [4.69, 9.17) is 0 Å². The zero-order chi connectivity index (χ0) is 19.8. The van der Waals surface area contributed by atoms with Gasteiger partial charge in [-0.1, -0.05) is 6.07 Å². The first-order valence-corrected chi connectivity index (χ1v) is 10.5. The molecule has 2 amide bonds. The minimum Gasteiger partial charge on any atom is -0.355 e. The molecule has 2 aliphatic rings. The van der Waals surface area contributed by atoms with Gasteiger partial charge in [-0.25, -0.2) is 0 Å². The number of hydrogen-bond donors (Lipinski definition) is 2. The first kappa shape index (κ1) is 20.7. The van der Waals surface area contributed by atoms with Crippen molar-refractivity contribution in [3.63, 3.8) is 0 Å². The van der Waals surface area contributed by atoms with Gasteiger partial charge >= 0.3 is 0 Å². The van der Waals surface area contributed by atoms with Crippen LogP contribution in [0.3, 0.4) is 0 Å². The Kier molecular flexibility index (Phi) is 7.80. The van der Waals surface area contributed by atoms with Crippen LogP contribution in [0.1, 0.15) is 38.2 Å². The van der Waals surface area contributed by atoms with Crippen LogP contribution in [0.5, 0.6) is 0 Å². The number of aromatic nitrogens is 1. The smallest absolute Gasteiger partial charge is 0.224 e. The van der Waals surface area contributed by atoms with E-state index in [1.54, 1.807) is 0 Å². The maximum absolute atomic E-state index is 12.5. The molecule has 28 heavy (non-hydrogen) atoms. The molecule has 2 fully saturated rings. The molecule has 0 saturated carbocycles. The summed E-state index contributed by atoms with van der Waals surface area (Å²) >= 11 is 0. The minimum absolute atomic E-state index is 0.0621. The summed E-state index contributed by atoms with van der Waals surface area (Å²) in [6.45, 7) is 7.62. The molecule has 7 nitrogen and oxygen atoms in total. The van der Waals surface area contributed by atoms with Crippen molar-refractivity contribution in [2.24, 2.45) is 5.92 Å². The number of rotatable bonds is 7. The summed E-state index contributed by atoms with van der Waals surface area (Å²) in [5, 5.41) is 5.68. The van der Waals surface area contributed by atoms with E-state index in [-0.39, 0.29) is 17.7 Å². The number of likely N-dealkylation sites (tertiary alicyclic amines) is 2. The van der Waals surface area contributed by atoms with E-state index in [0.29, 0.717) is 19.1 Å². The average molecular weight is 388 g/mol. The Morgan fingerprint density at radius 1 is 1.14 bits per heavy atom. The molecule has 0 spiro atoms. The molecule has 2 aliphatic heterocycles. The molecule has 2 saturated heterocycles. The van der Waals surface area contributed by atoms with Crippen LogP contribution in [0.2, 0.25) is 0 Å². The van der Waals surface area contributed by atoms with Gasteiger partial charge < -0.3 is 10.6 Å². The van der Waals surface area contributed by atoms with Crippen LogP contribution in [0, 0.1) is 5.92 Å². The van der Waals surface area contributed by atoms with Crippen molar-refractivity contribution in [1.82, 2.24) is 25.4 Å². The van der Waals surface area contributed by atoms with Gasteiger partial charge in [0.1, 0.15) is 0 Å². The number of nitrogens with zero attached hydrogens (tertiary/aromatic N) is 3. The summed E-state index contributed by atoms with van der Waals surface area (Å²) in [4.78, 5) is 32.6. The number of carbonyl (C=O) groups excluding carboxylic acids is 2.